The second kappa shape index (κ2) is 8.84. The maximum Gasteiger partial charge on any atom is 0.416 e. The SMILES string of the molecule is O=C(CCNC(=O)c1ccc(Br)cc1)NCc1cccc(C(F)(F)F)c1. The van der Waals surface area contributed by atoms with Crippen LogP contribution in [-0.2, 0) is 17.5 Å². The van der Waals surface area contributed by atoms with Gasteiger partial charge in [0.25, 0.3) is 5.91 Å². The van der Waals surface area contributed by atoms with Gasteiger partial charge in [-0.05, 0) is 42.0 Å². The van der Waals surface area contributed by atoms with Crippen LogP contribution in [0.5, 0.6) is 0 Å². The molecule has 2 aromatic carbocycles. The predicted molar refractivity (Wildman–Crippen MR) is 94.4 cm³/mol. The van der Waals surface area contributed by atoms with Gasteiger partial charge in [0.1, 0.15) is 0 Å². The minimum atomic E-state index is -4.42. The third-order valence-electron chi connectivity index (χ3n) is 3.49. The fraction of sp³-hybridized carbons (Fsp3) is 0.222. The molecule has 8 heteroatoms. The molecule has 0 aliphatic rings. The molecular formula is C18H16BrF3N2O2. The largest absolute Gasteiger partial charge is 0.416 e. The van der Waals surface area contributed by atoms with E-state index in [0.29, 0.717) is 11.1 Å². The molecule has 0 atom stereocenters. The van der Waals surface area contributed by atoms with Crippen molar-refractivity contribution < 1.29 is 22.8 Å². The van der Waals surface area contributed by atoms with Crippen LogP contribution in [-0.4, -0.2) is 18.4 Å². The van der Waals surface area contributed by atoms with Crippen molar-refractivity contribution in [3.05, 3.63) is 69.7 Å². The standard InChI is InChI=1S/C18H16BrF3N2O2/c19-15-6-4-13(5-7-15)17(26)23-9-8-16(25)24-11-12-2-1-3-14(10-12)18(20,21)22/h1-7,10H,8-9,11H2,(H,23,26)(H,24,25). The van der Waals surface area contributed by atoms with E-state index in [4.69, 9.17) is 0 Å². The van der Waals surface area contributed by atoms with Gasteiger partial charge in [0.15, 0.2) is 0 Å². The van der Waals surface area contributed by atoms with Crippen molar-refractivity contribution in [3.63, 3.8) is 0 Å². The quantitative estimate of drug-likeness (QED) is 0.732. The van der Waals surface area contributed by atoms with Crippen LogP contribution in [0.1, 0.15) is 27.9 Å². The third kappa shape index (κ3) is 6.18. The molecule has 4 nitrogen and oxygen atoms in total. The number of halogens is 4. The van der Waals surface area contributed by atoms with Crippen LogP contribution >= 0.6 is 15.9 Å². The van der Waals surface area contributed by atoms with Crippen molar-refractivity contribution in [2.75, 3.05) is 6.54 Å². The maximum absolute atomic E-state index is 12.6. The van der Waals surface area contributed by atoms with E-state index in [0.717, 1.165) is 16.6 Å². The first kappa shape index (κ1) is 20.0. The number of hydrogen-bond donors (Lipinski definition) is 2. The number of alkyl halides is 3. The summed E-state index contributed by atoms with van der Waals surface area (Å²) >= 11 is 3.27. The molecule has 2 amide bonds. The normalized spacial score (nSPS) is 11.1. The molecule has 0 saturated carbocycles. The summed E-state index contributed by atoms with van der Waals surface area (Å²) < 4.78 is 38.8. The van der Waals surface area contributed by atoms with Crippen LogP contribution in [0, 0.1) is 0 Å². The average molecular weight is 429 g/mol. The van der Waals surface area contributed by atoms with Crippen molar-refractivity contribution >= 4 is 27.7 Å². The van der Waals surface area contributed by atoms with Gasteiger partial charge in [-0.2, -0.15) is 13.2 Å². The number of nitrogens with one attached hydrogen (secondary N) is 2. The van der Waals surface area contributed by atoms with E-state index in [1.165, 1.54) is 12.1 Å². The van der Waals surface area contributed by atoms with Gasteiger partial charge in [-0.1, -0.05) is 28.1 Å². The molecule has 2 aromatic rings. The zero-order valence-electron chi connectivity index (χ0n) is 13.6. The first-order valence-electron chi connectivity index (χ1n) is 7.72. The van der Waals surface area contributed by atoms with Crippen molar-refractivity contribution in [1.82, 2.24) is 10.6 Å². The maximum atomic E-state index is 12.6. The smallest absolute Gasteiger partial charge is 0.352 e. The van der Waals surface area contributed by atoms with Gasteiger partial charge in [0, 0.05) is 29.5 Å². The Morgan fingerprint density at radius 3 is 2.35 bits per heavy atom. The zero-order chi connectivity index (χ0) is 19.2. The lowest BCUT2D eigenvalue weighted by Gasteiger charge is -2.10. The van der Waals surface area contributed by atoms with Gasteiger partial charge in [-0.25, -0.2) is 0 Å². The summed E-state index contributed by atoms with van der Waals surface area (Å²) in [6, 6.07) is 11.5. The lowest BCUT2D eigenvalue weighted by atomic mass is 10.1. The second-order valence-electron chi connectivity index (χ2n) is 5.49. The zero-order valence-corrected chi connectivity index (χ0v) is 15.2. The van der Waals surface area contributed by atoms with Crippen LogP contribution < -0.4 is 10.6 Å². The number of amides is 2. The van der Waals surface area contributed by atoms with E-state index in [1.807, 2.05) is 0 Å². The summed E-state index contributed by atoms with van der Waals surface area (Å²) in [6.45, 7) is 0.118. The van der Waals surface area contributed by atoms with Gasteiger partial charge < -0.3 is 10.6 Å². The average Bonchev–Trinajstić information content (AvgIpc) is 2.60. The minimum Gasteiger partial charge on any atom is -0.352 e. The van der Waals surface area contributed by atoms with Crippen LogP contribution in [0.3, 0.4) is 0 Å². The highest BCUT2D eigenvalue weighted by molar-refractivity contribution is 9.10. The Kier molecular flexibility index (Phi) is 6.79. The molecule has 0 aromatic heterocycles. The van der Waals surface area contributed by atoms with Crippen molar-refractivity contribution in [2.45, 2.75) is 19.1 Å². The van der Waals surface area contributed by atoms with Crippen molar-refractivity contribution in [2.24, 2.45) is 0 Å². The molecule has 0 heterocycles. The summed E-state index contributed by atoms with van der Waals surface area (Å²) in [5.41, 5.74) is 0.0654. The predicted octanol–water partition coefficient (Wildman–Crippen LogP) is 3.90. The molecule has 0 aliphatic carbocycles. The van der Waals surface area contributed by atoms with E-state index in [9.17, 15) is 22.8 Å². The van der Waals surface area contributed by atoms with Crippen LogP contribution in [0.4, 0.5) is 13.2 Å². The third-order valence-corrected chi connectivity index (χ3v) is 4.02. The van der Waals surface area contributed by atoms with Gasteiger partial charge >= 0.3 is 6.18 Å². The Morgan fingerprint density at radius 1 is 1.00 bits per heavy atom. The second-order valence-corrected chi connectivity index (χ2v) is 6.40. The molecule has 0 saturated heterocycles. The highest BCUT2D eigenvalue weighted by atomic mass is 79.9. The molecule has 0 radical (unpaired) electrons. The van der Waals surface area contributed by atoms with E-state index in [1.54, 1.807) is 24.3 Å². The monoisotopic (exact) mass is 428 g/mol. The Morgan fingerprint density at radius 2 is 1.69 bits per heavy atom. The van der Waals surface area contributed by atoms with E-state index in [-0.39, 0.29) is 31.3 Å². The Hall–Kier alpha value is -2.35. The lowest BCUT2D eigenvalue weighted by Crippen LogP contribution is -2.30. The number of benzene rings is 2. The molecule has 0 aliphatic heterocycles. The van der Waals surface area contributed by atoms with Crippen LogP contribution in [0.2, 0.25) is 0 Å². The van der Waals surface area contributed by atoms with E-state index >= 15 is 0 Å². The molecule has 0 bridgehead atoms. The molecule has 2 N–H and O–H groups in total. The highest BCUT2D eigenvalue weighted by Gasteiger charge is 2.30. The van der Waals surface area contributed by atoms with Gasteiger partial charge in [0.05, 0.1) is 5.56 Å². The molecule has 0 unspecified atom stereocenters. The van der Waals surface area contributed by atoms with E-state index < -0.39 is 11.7 Å². The Balaban J connectivity index is 1.75. The fourth-order valence-corrected chi connectivity index (χ4v) is 2.40. The van der Waals surface area contributed by atoms with Gasteiger partial charge in [0.2, 0.25) is 5.91 Å². The Labute approximate surface area is 156 Å². The fourth-order valence-electron chi connectivity index (χ4n) is 2.14. The van der Waals surface area contributed by atoms with E-state index in [2.05, 4.69) is 26.6 Å². The number of carbonyl (C=O) groups excluding carboxylic acids is 2. The molecule has 26 heavy (non-hydrogen) atoms. The summed E-state index contributed by atoms with van der Waals surface area (Å²) in [7, 11) is 0. The van der Waals surface area contributed by atoms with Crippen LogP contribution in [0.25, 0.3) is 0 Å². The summed E-state index contributed by atoms with van der Waals surface area (Å²) in [5.74, 6) is -0.665. The molecule has 2 rings (SSSR count). The number of hydrogen-bond acceptors (Lipinski definition) is 2. The molecule has 0 fully saturated rings. The highest BCUT2D eigenvalue weighted by Crippen LogP contribution is 2.29. The molecule has 0 spiro atoms. The summed E-state index contributed by atoms with van der Waals surface area (Å²) in [5, 5.41) is 5.15. The van der Waals surface area contributed by atoms with Crippen LogP contribution in [0.15, 0.2) is 53.0 Å². The lowest BCUT2D eigenvalue weighted by molar-refractivity contribution is -0.137. The number of rotatable bonds is 6. The Bertz CT molecular complexity index is 777. The molecule has 138 valence electrons. The topological polar surface area (TPSA) is 58.2 Å². The van der Waals surface area contributed by atoms with Gasteiger partial charge in [-0.15, -0.1) is 0 Å². The van der Waals surface area contributed by atoms with Gasteiger partial charge in [-0.3, -0.25) is 9.59 Å². The van der Waals surface area contributed by atoms with Crippen molar-refractivity contribution in [3.8, 4) is 0 Å². The summed E-state index contributed by atoms with van der Waals surface area (Å²) in [6.07, 6.45) is -4.39. The minimum absolute atomic E-state index is 0.0105. The first-order valence-corrected chi connectivity index (χ1v) is 8.51. The summed E-state index contributed by atoms with van der Waals surface area (Å²) in [4.78, 5) is 23.7. The molecular weight excluding hydrogens is 413 g/mol. The van der Waals surface area contributed by atoms with Crippen molar-refractivity contribution in [1.29, 1.82) is 0 Å². The number of carbonyl (C=O) groups is 2. The first-order chi connectivity index (χ1) is 12.3.